The van der Waals surface area contributed by atoms with Crippen molar-refractivity contribution in [2.24, 2.45) is 0 Å². The highest BCUT2D eigenvalue weighted by Gasteiger charge is 2.26. The molecule has 5 aromatic rings. The Morgan fingerprint density at radius 3 is 2.34 bits per heavy atom. The minimum Gasteiger partial charge on any atom is -0.381 e. The normalized spacial score (nSPS) is 12.9. The first-order valence-electron chi connectivity index (χ1n) is 11.2. The van der Waals surface area contributed by atoms with Gasteiger partial charge in [-0.2, -0.15) is 5.10 Å². The van der Waals surface area contributed by atoms with Crippen molar-refractivity contribution >= 4 is 17.3 Å². The van der Waals surface area contributed by atoms with Crippen molar-refractivity contribution in [3.63, 3.8) is 0 Å². The van der Waals surface area contributed by atoms with Crippen LogP contribution in [0.15, 0.2) is 85.6 Å². The van der Waals surface area contributed by atoms with E-state index in [-0.39, 0.29) is 5.82 Å². The van der Waals surface area contributed by atoms with E-state index in [1.54, 1.807) is 36.0 Å². The second-order valence-electron chi connectivity index (χ2n) is 8.26. The molecule has 0 unspecified atom stereocenters. The third kappa shape index (κ3) is 4.80. The molecular weight excluding hydrogens is 445 g/mol. The summed E-state index contributed by atoms with van der Waals surface area (Å²) in [5.74, 6) is 0.813. The predicted molar refractivity (Wildman–Crippen MR) is 133 cm³/mol. The van der Waals surface area contributed by atoms with Crippen LogP contribution in [0.2, 0.25) is 0 Å². The molecule has 0 aliphatic carbocycles. The second-order valence-corrected chi connectivity index (χ2v) is 8.26. The molecule has 5 rings (SSSR count). The third-order valence-electron chi connectivity index (χ3n) is 5.83. The van der Waals surface area contributed by atoms with Crippen LogP contribution in [0.5, 0.6) is 0 Å². The first-order chi connectivity index (χ1) is 17.0. The smallest absolute Gasteiger partial charge is 0.222 e. The lowest BCUT2D eigenvalue weighted by atomic mass is 9.90. The van der Waals surface area contributed by atoms with Crippen LogP contribution in [-0.2, 0) is 5.60 Å². The summed E-state index contributed by atoms with van der Waals surface area (Å²) in [5, 5.41) is 21.7. The minimum absolute atomic E-state index is 0.356. The Labute approximate surface area is 201 Å². The van der Waals surface area contributed by atoms with Gasteiger partial charge in [-0.25, -0.2) is 23.9 Å². The summed E-state index contributed by atoms with van der Waals surface area (Å²) >= 11 is 0. The van der Waals surface area contributed by atoms with Gasteiger partial charge in [-0.15, -0.1) is 0 Å². The van der Waals surface area contributed by atoms with E-state index in [2.05, 4.69) is 48.9 Å². The molecule has 3 heterocycles. The SMILES string of the molecule is C[C@](O)(c1ccc(F)cc1)c1cnc(NCCNc2ncnn3cc(-c4ccccc4)cc23)nc1. The molecule has 0 amide bonds. The standard InChI is InChI=1S/C26H24FN7O/c1-26(35,20-7-9-22(27)10-8-20)21-14-30-25(31-15-21)29-12-11-28-24-23-13-19(16-34(23)33-17-32-24)18-5-3-2-4-6-18/h2-10,13-17,35H,11-12H2,1H3,(H,28,32,33)(H,29,30,31)/t26-/m0/s1. The van der Waals surface area contributed by atoms with Crippen molar-refractivity contribution in [3.05, 3.63) is 103 Å². The quantitative estimate of drug-likeness (QED) is 0.294. The molecule has 1 atom stereocenters. The Hall–Kier alpha value is -4.37. The van der Waals surface area contributed by atoms with Crippen LogP contribution in [0.3, 0.4) is 0 Å². The van der Waals surface area contributed by atoms with Gasteiger partial charge in [0.05, 0.1) is 0 Å². The van der Waals surface area contributed by atoms with Crippen LogP contribution < -0.4 is 10.6 Å². The Kier molecular flexibility index (Phi) is 6.07. The van der Waals surface area contributed by atoms with Crippen molar-refractivity contribution in [2.45, 2.75) is 12.5 Å². The van der Waals surface area contributed by atoms with E-state index in [1.807, 2.05) is 24.4 Å². The monoisotopic (exact) mass is 469 g/mol. The number of hydrogen-bond acceptors (Lipinski definition) is 7. The van der Waals surface area contributed by atoms with Gasteiger partial charge in [0.1, 0.15) is 23.3 Å². The molecule has 0 spiro atoms. The van der Waals surface area contributed by atoms with Crippen LogP contribution in [0, 0.1) is 5.82 Å². The van der Waals surface area contributed by atoms with Crippen molar-refractivity contribution < 1.29 is 9.50 Å². The zero-order valence-corrected chi connectivity index (χ0v) is 19.1. The zero-order chi connectivity index (χ0) is 24.3. The molecule has 0 radical (unpaired) electrons. The molecule has 35 heavy (non-hydrogen) atoms. The zero-order valence-electron chi connectivity index (χ0n) is 19.1. The van der Waals surface area contributed by atoms with Gasteiger partial charge in [0.25, 0.3) is 0 Å². The largest absolute Gasteiger partial charge is 0.381 e. The molecule has 8 nitrogen and oxygen atoms in total. The average molecular weight is 470 g/mol. The maximum absolute atomic E-state index is 13.2. The lowest BCUT2D eigenvalue weighted by Gasteiger charge is -2.23. The van der Waals surface area contributed by atoms with Crippen molar-refractivity contribution in [2.75, 3.05) is 23.7 Å². The number of benzene rings is 2. The van der Waals surface area contributed by atoms with E-state index in [9.17, 15) is 9.50 Å². The van der Waals surface area contributed by atoms with Gasteiger partial charge < -0.3 is 15.7 Å². The average Bonchev–Trinajstić information content (AvgIpc) is 3.33. The maximum Gasteiger partial charge on any atom is 0.222 e. The minimum atomic E-state index is -1.33. The summed E-state index contributed by atoms with van der Waals surface area (Å²) in [4.78, 5) is 13.0. The summed E-state index contributed by atoms with van der Waals surface area (Å²) in [5.41, 5.74) is 2.81. The number of nitrogens with zero attached hydrogens (tertiary/aromatic N) is 5. The summed E-state index contributed by atoms with van der Waals surface area (Å²) in [7, 11) is 0. The van der Waals surface area contributed by atoms with E-state index in [0.717, 1.165) is 22.5 Å². The number of anilines is 2. The van der Waals surface area contributed by atoms with Crippen molar-refractivity contribution in [1.82, 2.24) is 24.6 Å². The van der Waals surface area contributed by atoms with Gasteiger partial charge in [0.15, 0.2) is 5.82 Å². The highest BCUT2D eigenvalue weighted by molar-refractivity contribution is 5.76. The number of nitrogens with one attached hydrogen (secondary N) is 2. The van der Waals surface area contributed by atoms with E-state index in [1.165, 1.54) is 18.5 Å². The molecule has 0 aliphatic rings. The molecule has 3 N–H and O–H groups in total. The number of aromatic nitrogens is 5. The fourth-order valence-corrected chi connectivity index (χ4v) is 3.82. The van der Waals surface area contributed by atoms with Crippen LogP contribution in [0.25, 0.3) is 16.6 Å². The molecule has 0 bridgehead atoms. The van der Waals surface area contributed by atoms with Gasteiger partial charge in [0.2, 0.25) is 5.95 Å². The lowest BCUT2D eigenvalue weighted by molar-refractivity contribution is 0.101. The summed E-state index contributed by atoms with van der Waals surface area (Å²) < 4.78 is 15.0. The highest BCUT2D eigenvalue weighted by atomic mass is 19.1. The Bertz CT molecular complexity index is 1420. The van der Waals surface area contributed by atoms with Crippen LogP contribution >= 0.6 is 0 Å². The summed E-state index contributed by atoms with van der Waals surface area (Å²) in [6.45, 7) is 2.76. The fraction of sp³-hybridized carbons (Fsp3) is 0.154. The topological polar surface area (TPSA) is 100 Å². The van der Waals surface area contributed by atoms with Crippen LogP contribution in [-0.4, -0.2) is 42.8 Å². The van der Waals surface area contributed by atoms with Gasteiger partial charge in [-0.1, -0.05) is 42.5 Å². The number of rotatable bonds is 8. The molecule has 0 saturated carbocycles. The predicted octanol–water partition coefficient (Wildman–Crippen LogP) is 4.11. The van der Waals surface area contributed by atoms with Crippen LogP contribution in [0.1, 0.15) is 18.1 Å². The lowest BCUT2D eigenvalue weighted by Crippen LogP contribution is -2.23. The molecule has 176 valence electrons. The van der Waals surface area contributed by atoms with Crippen molar-refractivity contribution in [1.29, 1.82) is 0 Å². The van der Waals surface area contributed by atoms with E-state index >= 15 is 0 Å². The van der Waals surface area contributed by atoms with E-state index < -0.39 is 5.60 Å². The first-order valence-corrected chi connectivity index (χ1v) is 11.2. The number of fused-ring (bicyclic) bond motifs is 1. The molecule has 0 fully saturated rings. The van der Waals surface area contributed by atoms with Gasteiger partial charge in [0, 0.05) is 42.8 Å². The molecule has 2 aromatic carbocycles. The molecule has 0 aliphatic heterocycles. The molecule has 0 saturated heterocycles. The number of halogens is 1. The summed E-state index contributed by atoms with van der Waals surface area (Å²) in [6, 6.07) is 17.9. The van der Waals surface area contributed by atoms with Gasteiger partial charge in [-0.05, 0) is 36.2 Å². The molecule has 9 heteroatoms. The van der Waals surface area contributed by atoms with Gasteiger partial charge >= 0.3 is 0 Å². The third-order valence-corrected chi connectivity index (χ3v) is 5.83. The van der Waals surface area contributed by atoms with Crippen LogP contribution in [0.4, 0.5) is 16.2 Å². The van der Waals surface area contributed by atoms with E-state index in [0.29, 0.717) is 30.2 Å². The second kappa shape index (κ2) is 9.47. The van der Waals surface area contributed by atoms with Gasteiger partial charge in [-0.3, -0.25) is 0 Å². The van der Waals surface area contributed by atoms with Crippen molar-refractivity contribution in [3.8, 4) is 11.1 Å². The molecular formula is C26H24FN7O. The fourth-order valence-electron chi connectivity index (χ4n) is 3.82. The number of aliphatic hydroxyl groups is 1. The Morgan fingerprint density at radius 1 is 0.886 bits per heavy atom. The molecule has 3 aromatic heterocycles. The number of hydrogen-bond donors (Lipinski definition) is 3. The summed E-state index contributed by atoms with van der Waals surface area (Å²) in [6.07, 6.45) is 6.62. The van der Waals surface area contributed by atoms with E-state index in [4.69, 9.17) is 0 Å². The Balaban J connectivity index is 1.20. The first kappa shape index (κ1) is 22.4. The Morgan fingerprint density at radius 2 is 1.60 bits per heavy atom. The highest BCUT2D eigenvalue weighted by Crippen LogP contribution is 2.28. The maximum atomic E-state index is 13.2.